The predicted octanol–water partition coefficient (Wildman–Crippen LogP) is 3.75. The molecule has 0 aromatic heterocycles. The third-order valence-electron chi connectivity index (χ3n) is 2.61. The highest BCUT2D eigenvalue weighted by molar-refractivity contribution is 6.30. The number of ether oxygens (including phenoxy) is 1. The molecule has 0 N–H and O–H groups in total. The smallest absolute Gasteiger partial charge is 0.293 e. The van der Waals surface area contributed by atoms with Gasteiger partial charge in [-0.1, -0.05) is 41.9 Å². The average Bonchev–Trinajstić information content (AvgIpc) is 2.90. The summed E-state index contributed by atoms with van der Waals surface area (Å²) in [6.45, 7) is 0. The van der Waals surface area contributed by atoms with Crippen molar-refractivity contribution in [2.75, 3.05) is 0 Å². The maximum Gasteiger partial charge on any atom is 0.293 e. The number of hydrogen-bond donors (Lipinski definition) is 0. The van der Waals surface area contributed by atoms with Gasteiger partial charge in [-0.3, -0.25) is 0 Å². The van der Waals surface area contributed by atoms with Crippen molar-refractivity contribution in [1.82, 2.24) is 0 Å². The van der Waals surface area contributed by atoms with E-state index in [0.717, 1.165) is 11.1 Å². The SMILES string of the molecule is Clc1ccc(C2=NOC(c3ccccc3)O2)cc1. The average molecular weight is 260 g/mol. The zero-order chi connectivity index (χ0) is 12.4. The Morgan fingerprint density at radius 2 is 1.67 bits per heavy atom. The minimum absolute atomic E-state index is 0.473. The molecule has 0 spiro atoms. The first-order valence-electron chi connectivity index (χ1n) is 5.54. The van der Waals surface area contributed by atoms with Crippen molar-refractivity contribution in [3.63, 3.8) is 0 Å². The van der Waals surface area contributed by atoms with Crippen molar-refractivity contribution < 1.29 is 9.57 Å². The summed E-state index contributed by atoms with van der Waals surface area (Å²) in [5.74, 6) is 0.473. The maximum absolute atomic E-state index is 5.83. The normalized spacial score (nSPS) is 17.8. The number of halogens is 1. The number of hydrogen-bond acceptors (Lipinski definition) is 3. The van der Waals surface area contributed by atoms with Gasteiger partial charge in [-0.05, 0) is 29.4 Å². The predicted molar refractivity (Wildman–Crippen MR) is 69.3 cm³/mol. The summed E-state index contributed by atoms with van der Waals surface area (Å²) in [5, 5.41) is 4.62. The van der Waals surface area contributed by atoms with Crippen molar-refractivity contribution in [2.24, 2.45) is 5.16 Å². The molecule has 4 heteroatoms. The van der Waals surface area contributed by atoms with Gasteiger partial charge in [0.15, 0.2) is 0 Å². The molecule has 0 aliphatic carbocycles. The Kier molecular flexibility index (Phi) is 2.90. The van der Waals surface area contributed by atoms with Crippen LogP contribution in [0.4, 0.5) is 0 Å². The van der Waals surface area contributed by atoms with E-state index in [9.17, 15) is 0 Å². The van der Waals surface area contributed by atoms with Gasteiger partial charge in [0.05, 0.1) is 0 Å². The lowest BCUT2D eigenvalue weighted by molar-refractivity contribution is -0.0498. The van der Waals surface area contributed by atoms with Crippen molar-refractivity contribution in [2.45, 2.75) is 6.29 Å². The van der Waals surface area contributed by atoms with E-state index in [2.05, 4.69) is 5.16 Å². The molecule has 2 aromatic carbocycles. The van der Waals surface area contributed by atoms with Crippen LogP contribution in [0, 0.1) is 0 Å². The molecular formula is C14H10ClNO2. The molecule has 1 aliphatic rings. The van der Waals surface area contributed by atoms with Crippen molar-refractivity contribution in [1.29, 1.82) is 0 Å². The highest BCUT2D eigenvalue weighted by Crippen LogP contribution is 2.26. The van der Waals surface area contributed by atoms with Gasteiger partial charge in [0.25, 0.3) is 12.2 Å². The molecule has 2 aromatic rings. The molecule has 0 amide bonds. The summed E-state index contributed by atoms with van der Waals surface area (Å²) in [5.41, 5.74) is 1.78. The largest absolute Gasteiger partial charge is 0.428 e. The topological polar surface area (TPSA) is 30.8 Å². The molecule has 0 radical (unpaired) electrons. The quantitative estimate of drug-likeness (QED) is 0.822. The molecule has 1 unspecified atom stereocenters. The molecule has 0 bridgehead atoms. The van der Waals surface area contributed by atoms with Crippen LogP contribution in [0.25, 0.3) is 0 Å². The Hall–Kier alpha value is -2.00. The van der Waals surface area contributed by atoms with E-state index in [-0.39, 0.29) is 0 Å². The zero-order valence-electron chi connectivity index (χ0n) is 9.42. The van der Waals surface area contributed by atoms with Gasteiger partial charge in [-0.25, -0.2) is 0 Å². The minimum atomic E-state index is -0.475. The van der Waals surface area contributed by atoms with Crippen LogP contribution in [0.1, 0.15) is 17.4 Å². The van der Waals surface area contributed by atoms with E-state index >= 15 is 0 Å². The van der Waals surface area contributed by atoms with Crippen LogP contribution in [0.3, 0.4) is 0 Å². The summed E-state index contributed by atoms with van der Waals surface area (Å²) in [4.78, 5) is 5.27. The summed E-state index contributed by atoms with van der Waals surface area (Å²) < 4.78 is 5.66. The molecule has 0 saturated carbocycles. The zero-order valence-corrected chi connectivity index (χ0v) is 10.2. The van der Waals surface area contributed by atoms with Crippen LogP contribution >= 0.6 is 11.6 Å². The molecule has 0 saturated heterocycles. The molecular weight excluding hydrogens is 250 g/mol. The third-order valence-corrected chi connectivity index (χ3v) is 2.86. The van der Waals surface area contributed by atoms with Crippen molar-refractivity contribution >= 4 is 17.5 Å². The van der Waals surface area contributed by atoms with E-state index < -0.39 is 6.29 Å². The lowest BCUT2D eigenvalue weighted by Gasteiger charge is -2.08. The number of benzene rings is 2. The van der Waals surface area contributed by atoms with Gasteiger partial charge in [0.1, 0.15) is 0 Å². The van der Waals surface area contributed by atoms with Crippen LogP contribution in [-0.4, -0.2) is 5.90 Å². The Morgan fingerprint density at radius 1 is 0.944 bits per heavy atom. The third kappa shape index (κ3) is 2.17. The summed E-state index contributed by atoms with van der Waals surface area (Å²) in [6, 6.07) is 17.0. The Labute approximate surface area is 110 Å². The summed E-state index contributed by atoms with van der Waals surface area (Å²) in [7, 11) is 0. The fourth-order valence-electron chi connectivity index (χ4n) is 1.69. The molecule has 3 rings (SSSR count). The number of nitrogens with zero attached hydrogens (tertiary/aromatic N) is 1. The summed E-state index contributed by atoms with van der Waals surface area (Å²) >= 11 is 5.83. The highest BCUT2D eigenvalue weighted by Gasteiger charge is 2.24. The first-order valence-corrected chi connectivity index (χ1v) is 5.92. The number of rotatable bonds is 2. The van der Waals surface area contributed by atoms with Gasteiger partial charge in [-0.2, -0.15) is 0 Å². The van der Waals surface area contributed by atoms with Gasteiger partial charge < -0.3 is 9.57 Å². The van der Waals surface area contributed by atoms with Gasteiger partial charge in [0, 0.05) is 16.1 Å². The molecule has 1 atom stereocenters. The fraction of sp³-hybridized carbons (Fsp3) is 0.0714. The fourth-order valence-corrected chi connectivity index (χ4v) is 1.82. The van der Waals surface area contributed by atoms with E-state index in [1.54, 1.807) is 12.1 Å². The van der Waals surface area contributed by atoms with E-state index in [4.69, 9.17) is 21.2 Å². The van der Waals surface area contributed by atoms with Gasteiger partial charge in [-0.15, -0.1) is 0 Å². The second-order valence-electron chi connectivity index (χ2n) is 3.87. The first-order chi connectivity index (χ1) is 8.83. The lowest BCUT2D eigenvalue weighted by Crippen LogP contribution is -2.05. The Morgan fingerprint density at radius 3 is 2.39 bits per heavy atom. The lowest BCUT2D eigenvalue weighted by atomic mass is 10.2. The van der Waals surface area contributed by atoms with Crippen LogP contribution in [0.15, 0.2) is 59.8 Å². The van der Waals surface area contributed by atoms with Gasteiger partial charge >= 0.3 is 0 Å². The second kappa shape index (κ2) is 4.70. The number of oxime groups is 1. The molecule has 3 nitrogen and oxygen atoms in total. The highest BCUT2D eigenvalue weighted by atomic mass is 35.5. The molecule has 18 heavy (non-hydrogen) atoms. The van der Waals surface area contributed by atoms with Crippen molar-refractivity contribution in [3.05, 3.63) is 70.7 Å². The molecule has 1 heterocycles. The summed E-state index contributed by atoms with van der Waals surface area (Å²) in [6.07, 6.45) is -0.475. The molecule has 1 aliphatic heterocycles. The Balaban J connectivity index is 1.77. The van der Waals surface area contributed by atoms with Crippen LogP contribution in [0.2, 0.25) is 5.02 Å². The first kappa shape index (κ1) is 11.1. The second-order valence-corrected chi connectivity index (χ2v) is 4.31. The maximum atomic E-state index is 5.83. The Bertz CT molecular complexity index is 566. The van der Waals surface area contributed by atoms with E-state index in [1.807, 2.05) is 42.5 Å². The van der Waals surface area contributed by atoms with Crippen LogP contribution < -0.4 is 0 Å². The van der Waals surface area contributed by atoms with Crippen molar-refractivity contribution in [3.8, 4) is 0 Å². The van der Waals surface area contributed by atoms with Gasteiger partial charge in [0.2, 0.25) is 0 Å². The molecule has 90 valence electrons. The molecule has 0 fully saturated rings. The van der Waals surface area contributed by atoms with Crippen LogP contribution in [-0.2, 0) is 9.57 Å². The van der Waals surface area contributed by atoms with Crippen LogP contribution in [0.5, 0.6) is 0 Å². The van der Waals surface area contributed by atoms with E-state index in [1.165, 1.54) is 0 Å². The monoisotopic (exact) mass is 259 g/mol. The van der Waals surface area contributed by atoms with E-state index in [0.29, 0.717) is 10.9 Å². The minimum Gasteiger partial charge on any atom is -0.428 e. The standard InChI is InChI=1S/C14H10ClNO2/c15-12-8-6-10(7-9-12)13-16-18-14(17-13)11-4-2-1-3-5-11/h1-9,14H.